The summed E-state index contributed by atoms with van der Waals surface area (Å²) < 4.78 is 0. The molecular formula is C8H8N6O2. The molecule has 0 unspecified atom stereocenters. The Balaban J connectivity index is 2.04. The summed E-state index contributed by atoms with van der Waals surface area (Å²) in [6.07, 6.45) is 0. The van der Waals surface area contributed by atoms with Gasteiger partial charge in [-0.25, -0.2) is 5.10 Å². The van der Waals surface area contributed by atoms with Crippen LogP contribution in [0.3, 0.4) is 0 Å². The van der Waals surface area contributed by atoms with Gasteiger partial charge in [0.1, 0.15) is 0 Å². The number of H-pyrrole nitrogens is 1. The van der Waals surface area contributed by atoms with Gasteiger partial charge in [-0.2, -0.15) is 0 Å². The molecule has 0 aliphatic heterocycles. The van der Waals surface area contributed by atoms with E-state index in [1.165, 1.54) is 12.1 Å². The highest BCUT2D eigenvalue weighted by Gasteiger charge is 2.05. The first-order valence-electron chi connectivity index (χ1n) is 4.46. The number of anilines is 1. The Kier molecular flexibility index (Phi) is 2.72. The number of tetrazole rings is 1. The summed E-state index contributed by atoms with van der Waals surface area (Å²) in [6, 6.07) is 6.36. The van der Waals surface area contributed by atoms with Crippen LogP contribution in [0.1, 0.15) is 5.56 Å². The minimum Gasteiger partial charge on any atom is -0.349 e. The van der Waals surface area contributed by atoms with E-state index in [-0.39, 0.29) is 5.69 Å². The quantitative estimate of drug-likeness (QED) is 0.580. The second-order valence-corrected chi connectivity index (χ2v) is 3.03. The summed E-state index contributed by atoms with van der Waals surface area (Å²) in [4.78, 5) is 10.1. The number of hydrogen-bond acceptors (Lipinski definition) is 6. The molecule has 8 heteroatoms. The Hall–Kier alpha value is -2.51. The number of nitrogens with one attached hydrogen (secondary N) is 2. The molecule has 1 aromatic heterocycles. The van der Waals surface area contributed by atoms with Crippen molar-refractivity contribution in [2.24, 2.45) is 0 Å². The molecule has 0 saturated carbocycles. The van der Waals surface area contributed by atoms with Crippen molar-refractivity contribution in [1.82, 2.24) is 20.6 Å². The van der Waals surface area contributed by atoms with Crippen molar-refractivity contribution in [2.45, 2.75) is 6.54 Å². The normalized spacial score (nSPS) is 10.0. The van der Waals surface area contributed by atoms with Crippen LogP contribution in [0, 0.1) is 10.1 Å². The zero-order valence-electron chi connectivity index (χ0n) is 8.12. The molecule has 16 heavy (non-hydrogen) atoms. The molecule has 0 amide bonds. The van der Waals surface area contributed by atoms with Gasteiger partial charge < -0.3 is 5.32 Å². The van der Waals surface area contributed by atoms with Gasteiger partial charge in [0, 0.05) is 18.7 Å². The van der Waals surface area contributed by atoms with Gasteiger partial charge in [-0.1, -0.05) is 17.2 Å². The lowest BCUT2D eigenvalue weighted by Crippen LogP contribution is -2.01. The monoisotopic (exact) mass is 220 g/mol. The third-order valence-electron chi connectivity index (χ3n) is 1.93. The van der Waals surface area contributed by atoms with Crippen molar-refractivity contribution in [3.05, 3.63) is 39.9 Å². The molecule has 82 valence electrons. The first-order chi connectivity index (χ1) is 7.75. The maximum absolute atomic E-state index is 10.5. The number of hydrogen-bond donors (Lipinski definition) is 2. The topological polar surface area (TPSA) is 110 Å². The molecule has 0 spiro atoms. The lowest BCUT2D eigenvalue weighted by atomic mass is 10.2. The highest BCUT2D eigenvalue weighted by atomic mass is 16.6. The van der Waals surface area contributed by atoms with Crippen molar-refractivity contribution >= 4 is 11.6 Å². The number of nitro groups is 1. The van der Waals surface area contributed by atoms with Crippen molar-refractivity contribution in [3.8, 4) is 0 Å². The summed E-state index contributed by atoms with van der Waals surface area (Å²) in [5.41, 5.74) is 0.848. The van der Waals surface area contributed by atoms with E-state index in [2.05, 4.69) is 25.9 Å². The number of aromatic amines is 1. The Labute approximate surface area is 89.8 Å². The largest absolute Gasteiger partial charge is 0.349 e. The van der Waals surface area contributed by atoms with Crippen LogP contribution in [-0.4, -0.2) is 25.5 Å². The first kappa shape index (κ1) is 10.0. The number of rotatable bonds is 4. The van der Waals surface area contributed by atoms with Gasteiger partial charge in [0.15, 0.2) is 0 Å². The van der Waals surface area contributed by atoms with E-state index in [1.807, 2.05) is 0 Å². The fraction of sp³-hybridized carbons (Fsp3) is 0.125. The molecule has 0 radical (unpaired) electrons. The van der Waals surface area contributed by atoms with Crippen LogP contribution in [0.2, 0.25) is 0 Å². The lowest BCUT2D eigenvalue weighted by molar-refractivity contribution is -0.384. The van der Waals surface area contributed by atoms with Crippen LogP contribution in [0.5, 0.6) is 0 Å². The average molecular weight is 220 g/mol. The summed E-state index contributed by atoms with van der Waals surface area (Å²) in [7, 11) is 0. The lowest BCUT2D eigenvalue weighted by Gasteiger charge is -2.01. The van der Waals surface area contributed by atoms with Gasteiger partial charge in [0.05, 0.1) is 4.92 Å². The summed E-state index contributed by atoms with van der Waals surface area (Å²) in [5, 5.41) is 26.4. The summed E-state index contributed by atoms with van der Waals surface area (Å²) in [5.74, 6) is 0.423. The number of aromatic nitrogens is 4. The van der Waals surface area contributed by atoms with Gasteiger partial charge in [-0.15, -0.1) is 0 Å². The molecule has 1 aromatic carbocycles. The molecule has 1 heterocycles. The van der Waals surface area contributed by atoms with Gasteiger partial charge in [0.2, 0.25) is 5.95 Å². The smallest absolute Gasteiger partial charge is 0.269 e. The van der Waals surface area contributed by atoms with Crippen molar-refractivity contribution in [3.63, 3.8) is 0 Å². The molecule has 2 rings (SSSR count). The van der Waals surface area contributed by atoms with Crippen LogP contribution in [-0.2, 0) is 6.54 Å². The number of benzene rings is 1. The molecule has 8 nitrogen and oxygen atoms in total. The number of nitro benzene ring substituents is 1. The van der Waals surface area contributed by atoms with E-state index in [9.17, 15) is 10.1 Å². The van der Waals surface area contributed by atoms with E-state index in [0.29, 0.717) is 12.5 Å². The van der Waals surface area contributed by atoms with Gasteiger partial charge >= 0.3 is 0 Å². The van der Waals surface area contributed by atoms with Crippen LogP contribution in [0.4, 0.5) is 11.6 Å². The fourth-order valence-electron chi connectivity index (χ4n) is 1.20. The Morgan fingerprint density at radius 3 is 3.06 bits per heavy atom. The Morgan fingerprint density at radius 1 is 1.50 bits per heavy atom. The fourth-order valence-corrected chi connectivity index (χ4v) is 1.20. The minimum absolute atomic E-state index is 0.0648. The third kappa shape index (κ3) is 2.29. The number of non-ortho nitro benzene ring substituents is 1. The highest BCUT2D eigenvalue weighted by molar-refractivity contribution is 5.36. The Bertz CT molecular complexity index is 483. The predicted molar refractivity (Wildman–Crippen MR) is 54.6 cm³/mol. The third-order valence-corrected chi connectivity index (χ3v) is 1.93. The first-order valence-corrected chi connectivity index (χ1v) is 4.46. The van der Waals surface area contributed by atoms with E-state index in [1.54, 1.807) is 12.1 Å². The van der Waals surface area contributed by atoms with Crippen LogP contribution >= 0.6 is 0 Å². The molecule has 2 aromatic rings. The van der Waals surface area contributed by atoms with E-state index < -0.39 is 4.92 Å². The maximum atomic E-state index is 10.5. The molecule has 0 aliphatic rings. The van der Waals surface area contributed by atoms with Gasteiger partial charge in [0.25, 0.3) is 5.69 Å². The SMILES string of the molecule is O=[N+]([O-])c1cccc(CNc2nnn[nH]2)c1. The average Bonchev–Trinajstić information content (AvgIpc) is 2.79. The van der Waals surface area contributed by atoms with Crippen LogP contribution < -0.4 is 5.32 Å². The van der Waals surface area contributed by atoms with Gasteiger partial charge in [-0.3, -0.25) is 10.1 Å². The van der Waals surface area contributed by atoms with Crippen molar-refractivity contribution < 1.29 is 4.92 Å². The standard InChI is InChI=1S/C8H8N6O2/c15-14(16)7-3-1-2-6(4-7)5-9-8-10-12-13-11-8/h1-4H,5H2,(H2,9,10,11,12,13). The molecule has 0 bridgehead atoms. The molecule has 0 aliphatic carbocycles. The summed E-state index contributed by atoms with van der Waals surface area (Å²) >= 11 is 0. The molecule has 0 saturated heterocycles. The van der Waals surface area contributed by atoms with E-state index >= 15 is 0 Å². The molecule has 0 atom stereocenters. The zero-order chi connectivity index (χ0) is 11.4. The molecule has 2 N–H and O–H groups in total. The zero-order valence-corrected chi connectivity index (χ0v) is 8.12. The maximum Gasteiger partial charge on any atom is 0.269 e. The van der Waals surface area contributed by atoms with Crippen molar-refractivity contribution in [2.75, 3.05) is 5.32 Å². The van der Waals surface area contributed by atoms with Crippen LogP contribution in [0.15, 0.2) is 24.3 Å². The Morgan fingerprint density at radius 2 is 2.38 bits per heavy atom. The second kappa shape index (κ2) is 4.34. The summed E-state index contributed by atoms with van der Waals surface area (Å²) in [6.45, 7) is 0.415. The molecule has 0 fully saturated rings. The number of nitrogens with zero attached hydrogens (tertiary/aromatic N) is 4. The van der Waals surface area contributed by atoms with Crippen LogP contribution in [0.25, 0.3) is 0 Å². The minimum atomic E-state index is -0.431. The van der Waals surface area contributed by atoms with E-state index in [0.717, 1.165) is 5.56 Å². The highest BCUT2D eigenvalue weighted by Crippen LogP contribution is 2.13. The van der Waals surface area contributed by atoms with E-state index in [4.69, 9.17) is 0 Å². The second-order valence-electron chi connectivity index (χ2n) is 3.03. The van der Waals surface area contributed by atoms with Crippen molar-refractivity contribution in [1.29, 1.82) is 0 Å². The predicted octanol–water partition coefficient (Wildman–Crippen LogP) is 0.720. The molecular weight excluding hydrogens is 212 g/mol. The van der Waals surface area contributed by atoms with Gasteiger partial charge in [-0.05, 0) is 16.0 Å².